The Morgan fingerprint density at radius 3 is 3.05 bits per heavy atom. The number of benzene rings is 1. The Morgan fingerprint density at radius 2 is 2.35 bits per heavy atom. The van der Waals surface area contributed by atoms with Crippen LogP contribution < -0.4 is 10.1 Å². The fourth-order valence-corrected chi connectivity index (χ4v) is 3.78. The molecule has 1 aromatic carbocycles. The molecule has 20 heavy (non-hydrogen) atoms. The molecule has 3 rings (SSSR count). The first kappa shape index (κ1) is 14.4. The van der Waals surface area contributed by atoms with E-state index in [1.807, 2.05) is 0 Å². The van der Waals surface area contributed by atoms with Crippen molar-refractivity contribution in [1.29, 1.82) is 0 Å². The van der Waals surface area contributed by atoms with Crippen molar-refractivity contribution in [2.24, 2.45) is 0 Å². The summed E-state index contributed by atoms with van der Waals surface area (Å²) in [6, 6.07) is 6.84. The number of nitrogens with zero attached hydrogens (tertiary/aromatic N) is 1. The molecule has 4 heteroatoms. The van der Waals surface area contributed by atoms with Crippen molar-refractivity contribution in [2.75, 3.05) is 26.7 Å². The van der Waals surface area contributed by atoms with E-state index in [0.717, 1.165) is 49.1 Å². The molecule has 0 aliphatic carbocycles. The van der Waals surface area contributed by atoms with Gasteiger partial charge in [-0.05, 0) is 32.1 Å². The van der Waals surface area contributed by atoms with Gasteiger partial charge < -0.3 is 15.0 Å². The molecule has 1 N–H and O–H groups in total. The van der Waals surface area contributed by atoms with Crippen molar-refractivity contribution in [1.82, 2.24) is 10.2 Å². The Morgan fingerprint density at radius 1 is 1.50 bits per heavy atom. The van der Waals surface area contributed by atoms with E-state index in [1.165, 1.54) is 5.56 Å². The molecule has 2 unspecified atom stereocenters. The van der Waals surface area contributed by atoms with E-state index in [1.54, 1.807) is 0 Å². The monoisotopic (exact) mass is 338 g/mol. The Bertz CT molecular complexity index is 493. The summed E-state index contributed by atoms with van der Waals surface area (Å²) >= 11 is 3.56. The van der Waals surface area contributed by atoms with Crippen molar-refractivity contribution < 1.29 is 4.74 Å². The van der Waals surface area contributed by atoms with Crippen LogP contribution in [0, 0.1) is 0 Å². The largest absolute Gasteiger partial charge is 0.485 e. The first-order chi connectivity index (χ1) is 9.62. The van der Waals surface area contributed by atoms with Crippen LogP contribution in [0.4, 0.5) is 0 Å². The van der Waals surface area contributed by atoms with Crippen molar-refractivity contribution >= 4 is 15.9 Å². The van der Waals surface area contributed by atoms with E-state index in [9.17, 15) is 0 Å². The summed E-state index contributed by atoms with van der Waals surface area (Å²) in [5, 5.41) is 3.70. The van der Waals surface area contributed by atoms with Crippen LogP contribution in [0.2, 0.25) is 0 Å². The summed E-state index contributed by atoms with van der Waals surface area (Å²) < 4.78 is 7.52. The van der Waals surface area contributed by atoms with Gasteiger partial charge in [-0.2, -0.15) is 0 Å². The summed E-state index contributed by atoms with van der Waals surface area (Å²) in [6.45, 7) is 5.44. The topological polar surface area (TPSA) is 24.5 Å². The van der Waals surface area contributed by atoms with Gasteiger partial charge in [-0.25, -0.2) is 0 Å². The van der Waals surface area contributed by atoms with E-state index in [-0.39, 0.29) is 5.60 Å². The Kier molecular flexibility index (Phi) is 4.07. The number of hydrogen-bond acceptors (Lipinski definition) is 3. The van der Waals surface area contributed by atoms with Gasteiger partial charge in [0.25, 0.3) is 0 Å². The first-order valence-electron chi connectivity index (χ1n) is 7.52. The zero-order chi connectivity index (χ0) is 14.2. The predicted molar refractivity (Wildman–Crippen MR) is 85.3 cm³/mol. The second-order valence-electron chi connectivity index (χ2n) is 6.17. The van der Waals surface area contributed by atoms with Crippen LogP contribution in [0.15, 0.2) is 22.7 Å². The Balaban J connectivity index is 1.91. The maximum Gasteiger partial charge on any atom is 0.126 e. The van der Waals surface area contributed by atoms with Gasteiger partial charge in [-0.15, -0.1) is 0 Å². The molecule has 1 spiro atoms. The van der Waals surface area contributed by atoms with Crippen LogP contribution in [-0.2, 0) is 0 Å². The third-order valence-electron chi connectivity index (χ3n) is 4.40. The van der Waals surface area contributed by atoms with Gasteiger partial charge in [0.15, 0.2) is 0 Å². The minimum atomic E-state index is -0.00600. The number of ether oxygens (including phenoxy) is 1. The van der Waals surface area contributed by atoms with E-state index in [2.05, 4.69) is 58.3 Å². The van der Waals surface area contributed by atoms with Gasteiger partial charge in [0.2, 0.25) is 0 Å². The molecule has 0 radical (unpaired) electrons. The molecule has 1 saturated heterocycles. The van der Waals surface area contributed by atoms with Crippen molar-refractivity contribution in [3.63, 3.8) is 0 Å². The van der Waals surface area contributed by atoms with Gasteiger partial charge in [0.05, 0.1) is 0 Å². The summed E-state index contributed by atoms with van der Waals surface area (Å²) in [4.78, 5) is 2.37. The minimum absolute atomic E-state index is 0.00600. The number of fused-ring (bicyclic) bond motifs is 1. The minimum Gasteiger partial charge on any atom is -0.485 e. The zero-order valence-corrected chi connectivity index (χ0v) is 13.9. The number of hydrogen-bond donors (Lipinski definition) is 1. The number of likely N-dealkylation sites (N-methyl/N-ethyl adjacent to an activating group) is 1. The molecule has 1 fully saturated rings. The lowest BCUT2D eigenvalue weighted by Crippen LogP contribution is -2.46. The number of likely N-dealkylation sites (tertiary alicyclic amines) is 1. The standard InChI is InChI=1S/C16H23BrN2O/c1-3-7-18-14-10-16(6-8-19(2)11-16)20-15-9-12(17)4-5-13(14)15/h4-5,9,14,18H,3,6-8,10-11H2,1-2H3. The van der Waals surface area contributed by atoms with Crippen LogP contribution in [0.5, 0.6) is 5.75 Å². The fraction of sp³-hybridized carbons (Fsp3) is 0.625. The maximum absolute atomic E-state index is 6.43. The first-order valence-corrected chi connectivity index (χ1v) is 8.31. The molecule has 0 amide bonds. The molecule has 2 atom stereocenters. The van der Waals surface area contributed by atoms with Crippen LogP contribution in [0.3, 0.4) is 0 Å². The molecule has 2 heterocycles. The molecule has 0 aromatic heterocycles. The van der Waals surface area contributed by atoms with Crippen molar-refractivity contribution in [2.45, 2.75) is 37.8 Å². The Labute approximate surface area is 129 Å². The SMILES string of the molecule is CCCNC1CC2(CCN(C)C2)Oc2cc(Br)ccc21. The average molecular weight is 339 g/mol. The van der Waals surface area contributed by atoms with Gasteiger partial charge in [-0.1, -0.05) is 28.9 Å². The fourth-order valence-electron chi connectivity index (χ4n) is 3.44. The van der Waals surface area contributed by atoms with Gasteiger partial charge in [-0.3, -0.25) is 0 Å². The number of nitrogens with one attached hydrogen (secondary N) is 1. The third-order valence-corrected chi connectivity index (χ3v) is 4.89. The zero-order valence-electron chi connectivity index (χ0n) is 12.3. The van der Waals surface area contributed by atoms with E-state index in [4.69, 9.17) is 4.74 Å². The lowest BCUT2D eigenvalue weighted by molar-refractivity contribution is 0.0407. The maximum atomic E-state index is 6.43. The molecule has 110 valence electrons. The third kappa shape index (κ3) is 2.74. The van der Waals surface area contributed by atoms with Crippen LogP contribution in [0.25, 0.3) is 0 Å². The predicted octanol–water partition coefficient (Wildman–Crippen LogP) is 3.35. The van der Waals surface area contributed by atoms with Gasteiger partial charge in [0.1, 0.15) is 11.4 Å². The second kappa shape index (κ2) is 5.66. The van der Waals surface area contributed by atoms with E-state index >= 15 is 0 Å². The number of halogens is 1. The normalized spacial score (nSPS) is 29.4. The summed E-state index contributed by atoms with van der Waals surface area (Å²) in [7, 11) is 2.18. The van der Waals surface area contributed by atoms with Crippen LogP contribution >= 0.6 is 15.9 Å². The highest BCUT2D eigenvalue weighted by Gasteiger charge is 2.44. The summed E-state index contributed by atoms with van der Waals surface area (Å²) in [5.74, 6) is 1.05. The highest BCUT2D eigenvalue weighted by molar-refractivity contribution is 9.10. The van der Waals surface area contributed by atoms with Gasteiger partial charge >= 0.3 is 0 Å². The van der Waals surface area contributed by atoms with Crippen molar-refractivity contribution in [3.8, 4) is 5.75 Å². The van der Waals surface area contributed by atoms with Crippen LogP contribution in [0.1, 0.15) is 37.8 Å². The average Bonchev–Trinajstić information content (AvgIpc) is 2.76. The highest BCUT2D eigenvalue weighted by Crippen LogP contribution is 2.44. The highest BCUT2D eigenvalue weighted by atomic mass is 79.9. The van der Waals surface area contributed by atoms with Crippen molar-refractivity contribution in [3.05, 3.63) is 28.2 Å². The quantitative estimate of drug-likeness (QED) is 0.914. The lowest BCUT2D eigenvalue weighted by Gasteiger charge is -2.40. The molecular weight excluding hydrogens is 316 g/mol. The smallest absolute Gasteiger partial charge is 0.126 e. The summed E-state index contributed by atoms with van der Waals surface area (Å²) in [5.41, 5.74) is 1.30. The second-order valence-corrected chi connectivity index (χ2v) is 7.08. The number of rotatable bonds is 3. The molecule has 2 aliphatic heterocycles. The van der Waals surface area contributed by atoms with E-state index < -0.39 is 0 Å². The van der Waals surface area contributed by atoms with Crippen LogP contribution in [-0.4, -0.2) is 37.2 Å². The molecule has 0 bridgehead atoms. The van der Waals surface area contributed by atoms with Gasteiger partial charge in [0, 0.05) is 42.0 Å². The molecule has 1 aromatic rings. The molecule has 2 aliphatic rings. The van der Waals surface area contributed by atoms with E-state index in [0.29, 0.717) is 6.04 Å². The summed E-state index contributed by atoms with van der Waals surface area (Å²) in [6.07, 6.45) is 3.36. The molecular formula is C16H23BrN2O. The lowest BCUT2D eigenvalue weighted by atomic mass is 9.86. The molecule has 3 nitrogen and oxygen atoms in total. The molecule has 0 saturated carbocycles. The Hall–Kier alpha value is -0.580.